The topological polar surface area (TPSA) is 84.5 Å². The second-order valence-electron chi connectivity index (χ2n) is 7.59. The molecule has 2 aromatic rings. The largest absolute Gasteiger partial charge is 0.484 e. The van der Waals surface area contributed by atoms with Gasteiger partial charge in [-0.15, -0.1) is 0 Å². The van der Waals surface area contributed by atoms with Gasteiger partial charge in [0.2, 0.25) is 10.0 Å². The van der Waals surface area contributed by atoms with E-state index in [2.05, 4.69) is 23.9 Å². The molecule has 7 heteroatoms. The van der Waals surface area contributed by atoms with E-state index in [9.17, 15) is 13.2 Å². The summed E-state index contributed by atoms with van der Waals surface area (Å²) in [6, 6.07) is 14.7. The van der Waals surface area contributed by atoms with Crippen LogP contribution in [0.1, 0.15) is 50.3 Å². The molecule has 2 N–H and O–H groups in total. The van der Waals surface area contributed by atoms with E-state index in [1.165, 1.54) is 0 Å². The third kappa shape index (κ3) is 7.87. The molecule has 0 saturated carbocycles. The summed E-state index contributed by atoms with van der Waals surface area (Å²) in [4.78, 5) is 12.2. The van der Waals surface area contributed by atoms with E-state index in [1.54, 1.807) is 26.0 Å². The number of sulfonamides is 1. The third-order valence-electron chi connectivity index (χ3n) is 4.25. The Morgan fingerprint density at radius 3 is 2.34 bits per heavy atom. The first-order valence-electron chi connectivity index (χ1n) is 9.72. The molecule has 0 saturated heterocycles. The van der Waals surface area contributed by atoms with Crippen LogP contribution in [0.3, 0.4) is 0 Å². The standard InChI is InChI=1S/C22H30N2O4S/c1-16(2)18-10-7-11-21(12-18)28-14-22(25)23-13-19-8-5-6-9-20(19)15-29(26,27)24-17(3)4/h5-12,16-17,24H,13-15H2,1-4H3,(H,23,25). The molecule has 0 aliphatic carbocycles. The van der Waals surface area contributed by atoms with Crippen LogP contribution < -0.4 is 14.8 Å². The summed E-state index contributed by atoms with van der Waals surface area (Å²) in [5, 5.41) is 2.79. The molecule has 0 atom stereocenters. The van der Waals surface area contributed by atoms with E-state index in [0.717, 1.165) is 11.1 Å². The predicted molar refractivity (Wildman–Crippen MR) is 115 cm³/mol. The summed E-state index contributed by atoms with van der Waals surface area (Å²) < 4.78 is 32.6. The number of amides is 1. The van der Waals surface area contributed by atoms with Gasteiger partial charge in [-0.2, -0.15) is 0 Å². The maximum atomic E-state index is 12.2. The van der Waals surface area contributed by atoms with Crippen LogP contribution in [0.25, 0.3) is 0 Å². The number of nitrogens with one attached hydrogen (secondary N) is 2. The van der Waals surface area contributed by atoms with Crippen molar-refractivity contribution in [3.63, 3.8) is 0 Å². The van der Waals surface area contributed by atoms with Gasteiger partial charge in [-0.1, -0.05) is 50.2 Å². The molecule has 158 valence electrons. The van der Waals surface area contributed by atoms with E-state index >= 15 is 0 Å². The summed E-state index contributed by atoms with van der Waals surface area (Å²) in [7, 11) is -3.44. The van der Waals surface area contributed by atoms with Gasteiger partial charge < -0.3 is 10.1 Å². The van der Waals surface area contributed by atoms with Crippen LogP contribution in [0, 0.1) is 0 Å². The highest BCUT2D eigenvalue weighted by Crippen LogP contribution is 2.20. The van der Waals surface area contributed by atoms with E-state index in [0.29, 0.717) is 17.2 Å². The van der Waals surface area contributed by atoms with Crippen LogP contribution in [0.15, 0.2) is 48.5 Å². The normalized spacial score (nSPS) is 11.7. The fraction of sp³-hybridized carbons (Fsp3) is 0.409. The molecule has 29 heavy (non-hydrogen) atoms. The Morgan fingerprint density at radius 1 is 1.00 bits per heavy atom. The van der Waals surface area contributed by atoms with Crippen LogP contribution in [-0.2, 0) is 27.1 Å². The Labute approximate surface area is 173 Å². The summed E-state index contributed by atoms with van der Waals surface area (Å²) in [5.41, 5.74) is 2.57. The molecule has 0 spiro atoms. The quantitative estimate of drug-likeness (QED) is 0.620. The second kappa shape index (κ2) is 10.4. The molecular formula is C22H30N2O4S. The lowest BCUT2D eigenvalue weighted by Crippen LogP contribution is -2.32. The first kappa shape index (κ1) is 22.9. The maximum Gasteiger partial charge on any atom is 0.258 e. The molecule has 0 bridgehead atoms. The molecule has 2 rings (SSSR count). The third-order valence-corrected chi connectivity index (χ3v) is 5.77. The summed E-state index contributed by atoms with van der Waals surface area (Å²) in [6.07, 6.45) is 0. The van der Waals surface area contributed by atoms with Gasteiger partial charge in [0.25, 0.3) is 5.91 Å². The smallest absolute Gasteiger partial charge is 0.258 e. The Morgan fingerprint density at radius 2 is 1.69 bits per heavy atom. The van der Waals surface area contributed by atoms with Gasteiger partial charge in [0, 0.05) is 12.6 Å². The van der Waals surface area contributed by atoms with Crippen LogP contribution in [0.2, 0.25) is 0 Å². The van der Waals surface area contributed by atoms with Crippen molar-refractivity contribution in [3.8, 4) is 5.75 Å². The molecule has 0 aliphatic heterocycles. The van der Waals surface area contributed by atoms with Gasteiger partial charge >= 0.3 is 0 Å². The van der Waals surface area contributed by atoms with Crippen molar-refractivity contribution < 1.29 is 17.9 Å². The van der Waals surface area contributed by atoms with Crippen LogP contribution in [0.5, 0.6) is 5.75 Å². The molecule has 2 aromatic carbocycles. The number of carbonyl (C=O) groups is 1. The van der Waals surface area contributed by atoms with Crippen molar-refractivity contribution in [1.29, 1.82) is 0 Å². The minimum Gasteiger partial charge on any atom is -0.484 e. The Hall–Kier alpha value is -2.38. The van der Waals surface area contributed by atoms with Crippen LogP contribution >= 0.6 is 0 Å². The Bertz CT molecular complexity index is 924. The number of carbonyl (C=O) groups excluding carboxylic acids is 1. The van der Waals surface area contributed by atoms with Gasteiger partial charge in [0.15, 0.2) is 6.61 Å². The molecule has 0 unspecified atom stereocenters. The lowest BCUT2D eigenvalue weighted by Gasteiger charge is -2.14. The predicted octanol–water partition coefficient (Wildman–Crippen LogP) is 3.33. The maximum absolute atomic E-state index is 12.2. The molecule has 0 heterocycles. The van der Waals surface area contributed by atoms with Crippen molar-refractivity contribution in [3.05, 3.63) is 65.2 Å². The molecule has 0 radical (unpaired) electrons. The monoisotopic (exact) mass is 418 g/mol. The summed E-state index contributed by atoms with van der Waals surface area (Å²) in [5.74, 6) is 0.635. The van der Waals surface area contributed by atoms with Crippen molar-refractivity contribution >= 4 is 15.9 Å². The van der Waals surface area contributed by atoms with Gasteiger partial charge in [-0.3, -0.25) is 4.79 Å². The zero-order valence-electron chi connectivity index (χ0n) is 17.4. The molecule has 6 nitrogen and oxygen atoms in total. The first-order chi connectivity index (χ1) is 13.7. The number of benzene rings is 2. The average molecular weight is 419 g/mol. The Kier molecular flexibility index (Phi) is 8.22. The minimum absolute atomic E-state index is 0.100. The zero-order chi connectivity index (χ0) is 21.4. The van der Waals surface area contributed by atoms with Crippen molar-refractivity contribution in [2.75, 3.05) is 6.61 Å². The zero-order valence-corrected chi connectivity index (χ0v) is 18.3. The number of hydrogen-bond donors (Lipinski definition) is 2. The molecule has 0 aromatic heterocycles. The van der Waals surface area contributed by atoms with E-state index < -0.39 is 10.0 Å². The van der Waals surface area contributed by atoms with E-state index in [1.807, 2.05) is 36.4 Å². The fourth-order valence-electron chi connectivity index (χ4n) is 2.83. The van der Waals surface area contributed by atoms with Crippen molar-refractivity contribution in [1.82, 2.24) is 10.0 Å². The molecule has 0 fully saturated rings. The lowest BCUT2D eigenvalue weighted by molar-refractivity contribution is -0.123. The number of ether oxygens (including phenoxy) is 1. The van der Waals surface area contributed by atoms with E-state index in [-0.39, 0.29) is 30.9 Å². The SMILES string of the molecule is CC(C)NS(=O)(=O)Cc1ccccc1CNC(=O)COc1cccc(C(C)C)c1. The number of hydrogen-bond acceptors (Lipinski definition) is 4. The Balaban J connectivity index is 1.93. The second-order valence-corrected chi connectivity index (χ2v) is 9.35. The van der Waals surface area contributed by atoms with Crippen molar-refractivity contribution in [2.45, 2.75) is 52.0 Å². The fourth-order valence-corrected chi connectivity index (χ4v) is 4.33. The molecule has 0 aliphatic rings. The molecule has 1 amide bonds. The van der Waals surface area contributed by atoms with Crippen LogP contribution in [-0.4, -0.2) is 27.0 Å². The van der Waals surface area contributed by atoms with Gasteiger partial charge in [0.05, 0.1) is 5.75 Å². The molecular weight excluding hydrogens is 388 g/mol. The summed E-state index contributed by atoms with van der Waals surface area (Å²) in [6.45, 7) is 7.89. The van der Waals surface area contributed by atoms with E-state index in [4.69, 9.17) is 4.74 Å². The summed E-state index contributed by atoms with van der Waals surface area (Å²) >= 11 is 0. The highest BCUT2D eigenvalue weighted by molar-refractivity contribution is 7.88. The van der Waals surface area contributed by atoms with Crippen molar-refractivity contribution in [2.24, 2.45) is 0 Å². The minimum atomic E-state index is -3.44. The first-order valence-corrected chi connectivity index (χ1v) is 11.4. The van der Waals surface area contributed by atoms with Crippen LogP contribution in [0.4, 0.5) is 0 Å². The van der Waals surface area contributed by atoms with Gasteiger partial charge in [0.1, 0.15) is 5.75 Å². The number of rotatable bonds is 10. The average Bonchev–Trinajstić information content (AvgIpc) is 2.64. The lowest BCUT2D eigenvalue weighted by atomic mass is 10.0. The highest BCUT2D eigenvalue weighted by atomic mass is 32.2. The van der Waals surface area contributed by atoms with Gasteiger partial charge in [-0.05, 0) is 48.6 Å². The van der Waals surface area contributed by atoms with Gasteiger partial charge in [-0.25, -0.2) is 13.1 Å². The highest BCUT2D eigenvalue weighted by Gasteiger charge is 2.15.